The number of likely N-dealkylation sites (tertiary alicyclic amines) is 1. The van der Waals surface area contributed by atoms with Crippen molar-refractivity contribution >= 4 is 44.9 Å². The maximum Gasteiger partial charge on any atom is 0.405 e. The molecule has 5 rings (SSSR count). The van der Waals surface area contributed by atoms with Crippen molar-refractivity contribution in [3.05, 3.63) is 36.5 Å². The summed E-state index contributed by atoms with van der Waals surface area (Å²) in [5, 5.41) is 14.6. The number of carbonyl (C=O) groups excluding carboxylic acids is 3. The number of rotatable bonds is 12. The Labute approximate surface area is 285 Å². The molecule has 15 nitrogen and oxygen atoms in total. The van der Waals surface area contributed by atoms with Gasteiger partial charge in [-0.15, -0.1) is 6.58 Å². The molecule has 0 radical (unpaired) electrons. The van der Waals surface area contributed by atoms with E-state index in [1.54, 1.807) is 45.9 Å². The van der Waals surface area contributed by atoms with Crippen molar-refractivity contribution in [1.29, 1.82) is 0 Å². The van der Waals surface area contributed by atoms with Gasteiger partial charge in [-0.2, -0.15) is 0 Å². The van der Waals surface area contributed by atoms with Crippen molar-refractivity contribution in [2.75, 3.05) is 13.7 Å². The number of hydrogen-bond acceptors (Lipinski definition) is 10. The average molecular weight is 701 g/mol. The lowest BCUT2D eigenvalue weighted by atomic mass is 9.85. The number of nitrogens with zero attached hydrogens (tertiary/aromatic N) is 3. The second-order valence-corrected chi connectivity index (χ2v) is 16.5. The molecule has 2 aliphatic carbocycles. The summed E-state index contributed by atoms with van der Waals surface area (Å²) < 4.78 is 38.6. The maximum absolute atomic E-state index is 14.1. The third-order valence-electron chi connectivity index (χ3n) is 9.63. The lowest BCUT2D eigenvalue weighted by molar-refractivity contribution is -0.142. The highest BCUT2D eigenvalue weighted by atomic mass is 32.2. The molecule has 2 aromatic rings. The normalized spacial score (nSPS) is 24.8. The lowest BCUT2D eigenvalue weighted by Gasteiger charge is -2.35. The van der Waals surface area contributed by atoms with Crippen LogP contribution in [0.4, 0.5) is 4.79 Å². The topological polar surface area (TPSA) is 206 Å². The number of hydrogen-bond donors (Lipinski definition) is 4. The number of aromatic nitrogens is 2. The molecule has 16 heteroatoms. The van der Waals surface area contributed by atoms with Crippen LogP contribution in [0, 0.1) is 11.3 Å². The molecule has 1 unspecified atom stereocenters. The van der Waals surface area contributed by atoms with Crippen LogP contribution < -0.4 is 24.8 Å². The maximum atomic E-state index is 14.1. The predicted octanol–water partition coefficient (Wildman–Crippen LogP) is 2.29. The molecule has 1 saturated heterocycles. The van der Waals surface area contributed by atoms with E-state index in [2.05, 4.69) is 31.9 Å². The molecule has 5 atom stereocenters. The molecule has 1 aliphatic heterocycles. The number of aryl methyl sites for hydroxylation is 1. The Kier molecular flexibility index (Phi) is 9.34. The van der Waals surface area contributed by atoms with Gasteiger partial charge >= 0.3 is 6.09 Å². The van der Waals surface area contributed by atoms with E-state index in [4.69, 9.17) is 9.47 Å². The van der Waals surface area contributed by atoms with E-state index < -0.39 is 73.6 Å². The Bertz CT molecular complexity index is 1810. The summed E-state index contributed by atoms with van der Waals surface area (Å²) in [7, 11) is -2.47. The van der Waals surface area contributed by atoms with Crippen LogP contribution in [0.3, 0.4) is 0 Å². The molecular formula is C33H44N6O9S. The van der Waals surface area contributed by atoms with Gasteiger partial charge in [0.05, 0.1) is 29.4 Å². The van der Waals surface area contributed by atoms with Crippen LogP contribution in [0.15, 0.2) is 30.9 Å². The third kappa shape index (κ3) is 7.00. The molecule has 2 saturated carbocycles. The van der Waals surface area contributed by atoms with Crippen LogP contribution in [0.25, 0.3) is 11.0 Å². The van der Waals surface area contributed by atoms with Crippen LogP contribution in [0.5, 0.6) is 11.6 Å². The van der Waals surface area contributed by atoms with Crippen molar-refractivity contribution in [2.45, 2.75) is 95.2 Å². The Morgan fingerprint density at radius 2 is 1.88 bits per heavy atom. The minimum absolute atomic E-state index is 0.0324. The fourth-order valence-corrected chi connectivity index (χ4v) is 7.41. The number of methoxy groups -OCH3 is 1. The van der Waals surface area contributed by atoms with E-state index in [9.17, 15) is 32.7 Å². The number of amides is 4. The molecule has 49 heavy (non-hydrogen) atoms. The summed E-state index contributed by atoms with van der Waals surface area (Å²) >= 11 is 0. The second-order valence-electron chi connectivity index (χ2n) is 14.3. The SMILES string of the molecule is C=C[C@@H]1C[C@]1(NC(=O)[C@@H]1C[C@@H](Oc2nc3cc(OC)ccc3nc2CC)CN1C(=O)C(NC(=O)O)C(C)(C)C)C(=O)NS(=O)(=O)C1(C)CC1. The fraction of sp³-hybridized carbons (Fsp3) is 0.576. The number of sulfonamides is 1. The number of carboxylic acid groups (broad SMARTS) is 1. The highest BCUT2D eigenvalue weighted by molar-refractivity contribution is 7.91. The smallest absolute Gasteiger partial charge is 0.405 e. The molecule has 3 fully saturated rings. The van der Waals surface area contributed by atoms with Crippen LogP contribution >= 0.6 is 0 Å². The summed E-state index contributed by atoms with van der Waals surface area (Å²) in [5.41, 5.74) is -0.784. The van der Waals surface area contributed by atoms with Gasteiger partial charge in [0.2, 0.25) is 27.7 Å². The third-order valence-corrected chi connectivity index (χ3v) is 11.8. The largest absolute Gasteiger partial charge is 0.497 e. The van der Waals surface area contributed by atoms with E-state index >= 15 is 0 Å². The van der Waals surface area contributed by atoms with Gasteiger partial charge in [0.1, 0.15) is 35.2 Å². The highest BCUT2D eigenvalue weighted by Gasteiger charge is 2.63. The first kappa shape index (κ1) is 35.8. The fourth-order valence-electron chi connectivity index (χ4n) is 6.10. The van der Waals surface area contributed by atoms with Gasteiger partial charge in [0.15, 0.2) is 0 Å². The number of benzene rings is 1. The minimum Gasteiger partial charge on any atom is -0.497 e. The summed E-state index contributed by atoms with van der Waals surface area (Å²) in [6.07, 6.45) is 0.660. The van der Waals surface area contributed by atoms with E-state index in [0.717, 1.165) is 0 Å². The summed E-state index contributed by atoms with van der Waals surface area (Å²) in [4.78, 5) is 64.0. The number of nitrogens with one attached hydrogen (secondary N) is 3. The second kappa shape index (κ2) is 12.8. The summed E-state index contributed by atoms with van der Waals surface area (Å²) in [6, 6.07) is 2.81. The molecule has 0 bridgehead atoms. The van der Waals surface area contributed by atoms with Gasteiger partial charge in [0, 0.05) is 18.4 Å². The summed E-state index contributed by atoms with van der Waals surface area (Å²) in [5.74, 6) is -2.03. The van der Waals surface area contributed by atoms with Crippen LogP contribution in [0.1, 0.15) is 66.0 Å². The number of carbonyl (C=O) groups is 4. The number of ether oxygens (including phenoxy) is 2. The molecule has 2 heterocycles. The summed E-state index contributed by atoms with van der Waals surface area (Å²) in [6.45, 7) is 12.1. The molecule has 0 spiro atoms. The van der Waals surface area contributed by atoms with Crippen molar-refractivity contribution in [3.8, 4) is 11.6 Å². The molecular weight excluding hydrogens is 656 g/mol. The molecule has 1 aromatic carbocycles. The molecule has 266 valence electrons. The lowest BCUT2D eigenvalue weighted by Crippen LogP contribution is -2.60. The van der Waals surface area contributed by atoms with E-state index in [0.29, 0.717) is 41.7 Å². The molecule has 3 aliphatic rings. The van der Waals surface area contributed by atoms with Crippen LogP contribution in [-0.4, -0.2) is 94.3 Å². The molecule has 4 N–H and O–H groups in total. The first-order valence-corrected chi connectivity index (χ1v) is 17.7. The van der Waals surface area contributed by atoms with Crippen molar-refractivity contribution in [2.24, 2.45) is 11.3 Å². The van der Waals surface area contributed by atoms with Gasteiger partial charge < -0.3 is 30.1 Å². The van der Waals surface area contributed by atoms with Crippen LogP contribution in [0.2, 0.25) is 0 Å². The van der Waals surface area contributed by atoms with Crippen LogP contribution in [-0.2, 0) is 30.8 Å². The first-order chi connectivity index (χ1) is 22.9. The predicted molar refractivity (Wildman–Crippen MR) is 178 cm³/mol. The van der Waals surface area contributed by atoms with Gasteiger partial charge in [-0.25, -0.2) is 23.2 Å². The quantitative estimate of drug-likeness (QED) is 0.236. The minimum atomic E-state index is -4.00. The average Bonchev–Trinajstić information content (AvgIpc) is 3.92. The standard InChI is InChI=1S/C33H44N6O9S/c1-8-18-16-33(18,29(42)38-49(45,46)32(6)12-13-32)37-26(40)24-15-20(17-39(24)28(41)25(31(3,4)5)36-30(43)44)48-27-21(9-2)34-22-11-10-19(47-7)14-23(22)35-27/h8,10-11,14,18,20,24-25,36H,1,9,12-13,15-17H2,2-7H3,(H,37,40)(H,38,42)(H,43,44)/t18-,20-,24+,25?,33-/m1/s1. The first-order valence-electron chi connectivity index (χ1n) is 16.2. The zero-order chi connectivity index (χ0) is 36.1. The van der Waals surface area contributed by atoms with Gasteiger partial charge in [0.25, 0.3) is 5.91 Å². The van der Waals surface area contributed by atoms with Gasteiger partial charge in [-0.05, 0) is 50.2 Å². The monoisotopic (exact) mass is 700 g/mol. The van der Waals surface area contributed by atoms with Crippen molar-refractivity contribution in [3.63, 3.8) is 0 Å². The zero-order valence-electron chi connectivity index (χ0n) is 28.5. The Hall–Kier alpha value is -4.47. The Morgan fingerprint density at radius 1 is 1.18 bits per heavy atom. The van der Waals surface area contributed by atoms with E-state index in [1.165, 1.54) is 18.1 Å². The number of fused-ring (bicyclic) bond motifs is 1. The van der Waals surface area contributed by atoms with Crippen molar-refractivity contribution in [1.82, 2.24) is 30.2 Å². The zero-order valence-corrected chi connectivity index (χ0v) is 29.3. The van der Waals surface area contributed by atoms with E-state index in [-0.39, 0.29) is 25.3 Å². The van der Waals surface area contributed by atoms with Crippen molar-refractivity contribution < 1.29 is 42.2 Å². The van der Waals surface area contributed by atoms with E-state index in [1.807, 2.05) is 6.92 Å². The van der Waals surface area contributed by atoms with Gasteiger partial charge in [-0.3, -0.25) is 19.1 Å². The van der Waals surface area contributed by atoms with Gasteiger partial charge in [-0.1, -0.05) is 33.8 Å². The Morgan fingerprint density at radius 3 is 2.43 bits per heavy atom. The Balaban J connectivity index is 1.45. The molecule has 1 aromatic heterocycles. The highest BCUT2D eigenvalue weighted by Crippen LogP contribution is 2.47. The molecule has 4 amide bonds.